The van der Waals surface area contributed by atoms with Crippen molar-refractivity contribution in [1.82, 2.24) is 9.13 Å². The van der Waals surface area contributed by atoms with Crippen LogP contribution in [0.4, 0.5) is 11.4 Å². The molecule has 5 heteroatoms. The maximum atomic E-state index is 6.87. The zero-order chi connectivity index (χ0) is 35.8. The second-order valence-corrected chi connectivity index (χ2v) is 14.8. The molecule has 0 spiro atoms. The molecule has 0 aliphatic carbocycles. The van der Waals surface area contributed by atoms with E-state index in [1.807, 2.05) is 0 Å². The highest BCUT2D eigenvalue weighted by atomic mass is 16.5. The van der Waals surface area contributed by atoms with Crippen LogP contribution in [-0.4, -0.2) is 15.4 Å². The number of anilines is 2. The minimum absolute atomic E-state index is 0.137. The molecular weight excluding hydrogens is 675 g/mol. The Morgan fingerprint density at radius 3 is 2.07 bits per heavy atom. The number of hydrogen-bond acceptors (Lipinski definition) is 3. The van der Waals surface area contributed by atoms with Crippen LogP contribution in [0.3, 0.4) is 0 Å². The van der Waals surface area contributed by atoms with Crippen LogP contribution >= 0.6 is 0 Å². The zero-order valence-electron chi connectivity index (χ0n) is 29.6. The average Bonchev–Trinajstić information content (AvgIpc) is 4.03. The quantitative estimate of drug-likeness (QED) is 0.184. The molecule has 13 rings (SSSR count). The van der Waals surface area contributed by atoms with Crippen molar-refractivity contribution >= 4 is 76.9 Å². The zero-order valence-corrected chi connectivity index (χ0v) is 29.6. The molecule has 2 unspecified atom stereocenters. The SMILES string of the molecule is c1ccc(-n2c3ccc(-n4c5ccccc5c5c6ccccc6ccc54)cc3c3c4cc(N5c6ccccc6C6c7ccccc7OC65)ccc4oc32)cc1. The van der Waals surface area contributed by atoms with Crippen LogP contribution in [0, 0.1) is 0 Å². The molecule has 5 nitrogen and oxygen atoms in total. The summed E-state index contributed by atoms with van der Waals surface area (Å²) in [7, 11) is 0. The van der Waals surface area contributed by atoms with Gasteiger partial charge >= 0.3 is 0 Å². The molecule has 5 heterocycles. The fourth-order valence-electron chi connectivity index (χ4n) is 9.77. The molecule has 0 N–H and O–H groups in total. The highest BCUT2D eigenvalue weighted by molar-refractivity contribution is 6.23. The fraction of sp³-hybridized carbons (Fsp3) is 0.0400. The van der Waals surface area contributed by atoms with E-state index >= 15 is 0 Å². The number of furan rings is 1. The first-order valence-electron chi connectivity index (χ1n) is 18.9. The topological polar surface area (TPSA) is 35.5 Å². The van der Waals surface area contributed by atoms with E-state index in [2.05, 4.69) is 190 Å². The number of para-hydroxylation sites is 4. The van der Waals surface area contributed by atoms with Crippen LogP contribution in [0.1, 0.15) is 17.0 Å². The Bertz CT molecular complexity index is 3390. The number of nitrogens with zero attached hydrogens (tertiary/aromatic N) is 3. The third-order valence-corrected chi connectivity index (χ3v) is 12.0. The van der Waals surface area contributed by atoms with Gasteiger partial charge in [-0.3, -0.25) is 4.57 Å². The molecule has 55 heavy (non-hydrogen) atoms. The Labute approximate surface area is 315 Å². The monoisotopic (exact) mass is 705 g/mol. The Kier molecular flexibility index (Phi) is 5.68. The molecule has 2 aliphatic heterocycles. The van der Waals surface area contributed by atoms with Gasteiger partial charge in [0.15, 0.2) is 6.23 Å². The summed E-state index contributed by atoms with van der Waals surface area (Å²) in [6, 6.07) is 63.2. The number of rotatable bonds is 3. The fourth-order valence-corrected chi connectivity index (χ4v) is 9.77. The number of benzene rings is 8. The summed E-state index contributed by atoms with van der Waals surface area (Å²) < 4.78 is 18.3. The summed E-state index contributed by atoms with van der Waals surface area (Å²) in [5.74, 6) is 1.10. The highest BCUT2D eigenvalue weighted by Gasteiger charge is 2.47. The number of aromatic nitrogens is 2. The van der Waals surface area contributed by atoms with E-state index in [4.69, 9.17) is 9.15 Å². The highest BCUT2D eigenvalue weighted by Crippen LogP contribution is 2.55. The van der Waals surface area contributed by atoms with Gasteiger partial charge in [0.2, 0.25) is 5.71 Å². The van der Waals surface area contributed by atoms with Crippen LogP contribution in [0.25, 0.3) is 76.9 Å². The Morgan fingerprint density at radius 1 is 0.436 bits per heavy atom. The normalized spacial score (nSPS) is 16.1. The molecule has 3 aromatic heterocycles. The van der Waals surface area contributed by atoms with Gasteiger partial charge in [-0.2, -0.15) is 0 Å². The lowest BCUT2D eigenvalue weighted by atomic mass is 9.93. The van der Waals surface area contributed by atoms with Gasteiger partial charge in [0.25, 0.3) is 0 Å². The molecule has 0 saturated carbocycles. The van der Waals surface area contributed by atoms with Crippen LogP contribution in [0.2, 0.25) is 0 Å². The first kappa shape index (κ1) is 29.2. The van der Waals surface area contributed by atoms with Crippen LogP contribution in [0.15, 0.2) is 180 Å². The molecular formula is C50H31N3O2. The van der Waals surface area contributed by atoms with Crippen molar-refractivity contribution in [3.8, 4) is 17.1 Å². The number of fused-ring (bicyclic) bond motifs is 15. The number of hydrogen-bond donors (Lipinski definition) is 0. The van der Waals surface area contributed by atoms with Crippen molar-refractivity contribution in [2.24, 2.45) is 0 Å². The van der Waals surface area contributed by atoms with Gasteiger partial charge < -0.3 is 18.6 Å². The maximum Gasteiger partial charge on any atom is 0.213 e. The van der Waals surface area contributed by atoms with Gasteiger partial charge in [-0.05, 0) is 89.1 Å². The van der Waals surface area contributed by atoms with E-state index in [0.29, 0.717) is 0 Å². The molecule has 0 amide bonds. The molecule has 11 aromatic rings. The standard InChI is InChI=1S/C50H31N3O2/c1-2-13-31(14-3-1)52-42-26-23-32(51-40-19-9-6-16-35(40)46-34-15-5-4-12-30(34)22-25-43(46)51)28-38(42)48-39-29-33(24-27-45(39)55-50(48)52)53-41-20-10-7-17-36(41)47-37-18-8-11-21-44(37)54-49(47)53/h1-29,47,49H. The first-order chi connectivity index (χ1) is 27.3. The second-order valence-electron chi connectivity index (χ2n) is 14.8. The third kappa shape index (κ3) is 3.86. The van der Waals surface area contributed by atoms with Crippen molar-refractivity contribution < 1.29 is 9.15 Å². The van der Waals surface area contributed by atoms with Crippen LogP contribution < -0.4 is 9.64 Å². The first-order valence-corrected chi connectivity index (χ1v) is 18.9. The Balaban J connectivity index is 1.08. The van der Waals surface area contributed by atoms with Gasteiger partial charge in [-0.1, -0.05) is 103 Å². The summed E-state index contributed by atoms with van der Waals surface area (Å²) >= 11 is 0. The Morgan fingerprint density at radius 2 is 1.15 bits per heavy atom. The molecule has 0 saturated heterocycles. The largest absolute Gasteiger partial charge is 0.469 e. The van der Waals surface area contributed by atoms with Gasteiger partial charge in [-0.25, -0.2) is 0 Å². The summed E-state index contributed by atoms with van der Waals surface area (Å²) in [5, 5.41) is 8.36. The molecule has 258 valence electrons. The van der Waals surface area contributed by atoms with Crippen molar-refractivity contribution in [2.75, 3.05) is 4.90 Å². The van der Waals surface area contributed by atoms with Crippen molar-refractivity contribution in [2.45, 2.75) is 12.1 Å². The minimum Gasteiger partial charge on any atom is -0.469 e. The maximum absolute atomic E-state index is 6.87. The molecule has 2 atom stereocenters. The van der Waals surface area contributed by atoms with E-state index in [9.17, 15) is 0 Å². The van der Waals surface area contributed by atoms with Gasteiger partial charge in [-0.15, -0.1) is 0 Å². The van der Waals surface area contributed by atoms with Crippen LogP contribution in [-0.2, 0) is 0 Å². The summed E-state index contributed by atoms with van der Waals surface area (Å²) in [6.45, 7) is 0. The summed E-state index contributed by atoms with van der Waals surface area (Å²) in [6.07, 6.45) is -0.168. The summed E-state index contributed by atoms with van der Waals surface area (Å²) in [4.78, 5) is 2.38. The van der Waals surface area contributed by atoms with Gasteiger partial charge in [0.05, 0.1) is 27.9 Å². The lowest BCUT2D eigenvalue weighted by Gasteiger charge is -2.26. The van der Waals surface area contributed by atoms with Gasteiger partial charge in [0, 0.05) is 49.9 Å². The Hall–Kier alpha value is -7.24. The number of ether oxygens (including phenoxy) is 1. The van der Waals surface area contributed by atoms with Crippen LogP contribution in [0.5, 0.6) is 5.75 Å². The minimum atomic E-state index is -0.168. The lowest BCUT2D eigenvalue weighted by Crippen LogP contribution is -2.32. The smallest absolute Gasteiger partial charge is 0.213 e. The van der Waals surface area contributed by atoms with E-state index in [1.54, 1.807) is 0 Å². The van der Waals surface area contributed by atoms with E-state index in [1.165, 1.54) is 49.4 Å². The van der Waals surface area contributed by atoms with Crippen molar-refractivity contribution in [1.29, 1.82) is 0 Å². The lowest BCUT2D eigenvalue weighted by molar-refractivity contribution is 0.234. The average molecular weight is 706 g/mol. The summed E-state index contributed by atoms with van der Waals surface area (Å²) in [5.41, 5.74) is 12.1. The molecule has 0 bridgehead atoms. The molecule has 8 aromatic carbocycles. The second kappa shape index (κ2) is 10.7. The molecule has 0 fully saturated rings. The predicted molar refractivity (Wildman–Crippen MR) is 224 cm³/mol. The van der Waals surface area contributed by atoms with E-state index in [0.717, 1.165) is 55.8 Å². The van der Waals surface area contributed by atoms with E-state index < -0.39 is 0 Å². The van der Waals surface area contributed by atoms with Crippen molar-refractivity contribution in [3.63, 3.8) is 0 Å². The predicted octanol–water partition coefficient (Wildman–Crippen LogP) is 12.8. The molecule has 0 radical (unpaired) electrons. The van der Waals surface area contributed by atoms with Gasteiger partial charge in [0.1, 0.15) is 11.3 Å². The third-order valence-electron chi connectivity index (χ3n) is 12.0. The van der Waals surface area contributed by atoms with Crippen molar-refractivity contribution in [3.05, 3.63) is 187 Å². The molecule has 2 aliphatic rings. The van der Waals surface area contributed by atoms with E-state index in [-0.39, 0.29) is 12.1 Å².